The van der Waals surface area contributed by atoms with Crippen LogP contribution < -0.4 is 15.7 Å². The van der Waals surface area contributed by atoms with Gasteiger partial charge in [0.1, 0.15) is 5.82 Å². The van der Waals surface area contributed by atoms with Crippen LogP contribution in [0, 0.1) is 0 Å². The third kappa shape index (κ3) is 6.97. The van der Waals surface area contributed by atoms with Gasteiger partial charge < -0.3 is 15.5 Å². The maximum absolute atomic E-state index is 13.3. The summed E-state index contributed by atoms with van der Waals surface area (Å²) in [7, 11) is 1.70. The van der Waals surface area contributed by atoms with Gasteiger partial charge in [0.05, 0.1) is 17.6 Å². The lowest BCUT2D eigenvalue weighted by molar-refractivity contribution is -0.201. The highest BCUT2D eigenvalue weighted by molar-refractivity contribution is 6.01. The first kappa shape index (κ1) is 28.6. The first-order chi connectivity index (χ1) is 19.4. The maximum Gasteiger partial charge on any atom is 0.493 e. The Kier molecular flexibility index (Phi) is 8.21. The number of nitrogens with zero attached hydrogens (tertiary/aromatic N) is 6. The van der Waals surface area contributed by atoms with E-state index in [0.29, 0.717) is 11.8 Å². The summed E-state index contributed by atoms with van der Waals surface area (Å²) >= 11 is 0. The molecule has 4 aromatic rings. The fraction of sp³-hybridized carbons (Fsp3) is 0.120. The smallest absolute Gasteiger partial charge is 0.339 e. The van der Waals surface area contributed by atoms with Crippen LogP contribution in [0.5, 0.6) is 0 Å². The van der Waals surface area contributed by atoms with Gasteiger partial charge in [-0.15, -0.1) is 5.06 Å². The van der Waals surface area contributed by atoms with Crippen LogP contribution in [0.3, 0.4) is 0 Å². The van der Waals surface area contributed by atoms with Crippen molar-refractivity contribution >= 4 is 40.7 Å². The number of halogens is 5. The molecule has 0 saturated carbocycles. The van der Waals surface area contributed by atoms with E-state index in [1.54, 1.807) is 13.2 Å². The van der Waals surface area contributed by atoms with E-state index in [9.17, 15) is 31.5 Å². The average Bonchev–Trinajstić information content (AvgIpc) is 3.35. The first-order valence-electron chi connectivity index (χ1n) is 11.4. The Morgan fingerprint density at radius 2 is 1.88 bits per heavy atom. The maximum atomic E-state index is 13.3. The van der Waals surface area contributed by atoms with Crippen molar-refractivity contribution in [1.29, 1.82) is 0 Å². The third-order valence-corrected chi connectivity index (χ3v) is 5.20. The third-order valence-electron chi connectivity index (χ3n) is 5.20. The summed E-state index contributed by atoms with van der Waals surface area (Å²) in [5.74, 6) is -3.62. The van der Waals surface area contributed by atoms with Crippen molar-refractivity contribution in [1.82, 2.24) is 24.7 Å². The molecule has 0 radical (unpaired) electrons. The second kappa shape index (κ2) is 11.8. The van der Waals surface area contributed by atoms with Crippen molar-refractivity contribution in [3.05, 3.63) is 79.5 Å². The molecule has 2 N–H and O–H groups in total. The molecule has 4 rings (SSSR count). The first-order valence-corrected chi connectivity index (χ1v) is 11.4. The summed E-state index contributed by atoms with van der Waals surface area (Å²) in [5, 5.41) is 10.0. The Labute approximate surface area is 228 Å². The topological polar surface area (TPSA) is 127 Å². The summed E-state index contributed by atoms with van der Waals surface area (Å²) in [4.78, 5) is 40.4. The van der Waals surface area contributed by atoms with Gasteiger partial charge in [-0.2, -0.15) is 23.3 Å². The number of aryl methyl sites for hydroxylation is 1. The zero-order valence-corrected chi connectivity index (χ0v) is 20.9. The summed E-state index contributed by atoms with van der Waals surface area (Å²) in [5.41, 5.74) is 0.570. The second-order valence-corrected chi connectivity index (χ2v) is 8.18. The normalized spacial score (nSPS) is 11.2. The van der Waals surface area contributed by atoms with E-state index in [4.69, 9.17) is 0 Å². The number of rotatable bonds is 8. The average molecular weight is 574 g/mol. The lowest BCUT2D eigenvalue weighted by Gasteiger charge is -2.21. The molecule has 0 saturated heterocycles. The molecular weight excluding hydrogens is 555 g/mol. The fourth-order valence-electron chi connectivity index (χ4n) is 3.38. The zero-order valence-electron chi connectivity index (χ0n) is 20.9. The number of hydrogen-bond acceptors (Lipinski definition) is 9. The van der Waals surface area contributed by atoms with E-state index in [1.807, 2.05) is 0 Å². The molecule has 41 heavy (non-hydrogen) atoms. The van der Waals surface area contributed by atoms with E-state index in [2.05, 4.69) is 42.1 Å². The molecule has 0 unspecified atom stereocenters. The Morgan fingerprint density at radius 1 is 1.10 bits per heavy atom. The standard InChI is InChI=1S/C25H19F5N8O3/c1-3-20(39)38(41-23(40)25(28,29)30)18-6-4-5-16(8-18)34-22-19(14-7-15(21(26)27)10-31-9-14)12-32-24(36-22)35-17-11-33-37(2)13-17/h3-13,21H,1H2,2H3,(H2,32,34,35,36). The van der Waals surface area contributed by atoms with Crippen LogP contribution in [0.2, 0.25) is 0 Å². The highest BCUT2D eigenvalue weighted by Gasteiger charge is 2.43. The summed E-state index contributed by atoms with van der Waals surface area (Å²) < 4.78 is 66.7. The van der Waals surface area contributed by atoms with Gasteiger partial charge in [0, 0.05) is 54.2 Å². The van der Waals surface area contributed by atoms with Crippen LogP contribution in [0.1, 0.15) is 12.0 Å². The van der Waals surface area contributed by atoms with Gasteiger partial charge >= 0.3 is 12.1 Å². The molecule has 11 nitrogen and oxygen atoms in total. The van der Waals surface area contributed by atoms with Crippen molar-refractivity contribution in [2.45, 2.75) is 12.6 Å². The molecule has 212 valence electrons. The molecule has 0 aliphatic rings. The molecule has 0 aliphatic carbocycles. The predicted molar refractivity (Wildman–Crippen MR) is 136 cm³/mol. The van der Waals surface area contributed by atoms with Crippen LogP contribution in [0.4, 0.5) is 50.8 Å². The van der Waals surface area contributed by atoms with Crippen molar-refractivity contribution in [3.8, 4) is 11.1 Å². The minimum atomic E-state index is -5.37. The van der Waals surface area contributed by atoms with E-state index >= 15 is 0 Å². The lowest BCUT2D eigenvalue weighted by atomic mass is 10.1. The monoisotopic (exact) mass is 574 g/mol. The largest absolute Gasteiger partial charge is 0.493 e. The number of hydroxylamine groups is 1. The number of aromatic nitrogens is 5. The quantitative estimate of drug-likeness (QED) is 0.165. The molecule has 1 aromatic carbocycles. The highest BCUT2D eigenvalue weighted by atomic mass is 19.4. The Bertz CT molecular complexity index is 1590. The van der Waals surface area contributed by atoms with Crippen LogP contribution in [-0.2, 0) is 21.5 Å². The molecular formula is C25H19F5N8O3. The van der Waals surface area contributed by atoms with Crippen LogP contribution >= 0.6 is 0 Å². The van der Waals surface area contributed by atoms with E-state index in [-0.39, 0.29) is 44.9 Å². The van der Waals surface area contributed by atoms with Crippen molar-refractivity contribution in [2.75, 3.05) is 15.7 Å². The van der Waals surface area contributed by atoms with Gasteiger partial charge in [-0.05, 0) is 30.3 Å². The summed E-state index contributed by atoms with van der Waals surface area (Å²) in [6.07, 6.45) is -0.665. The highest BCUT2D eigenvalue weighted by Crippen LogP contribution is 2.33. The molecule has 0 aliphatic heterocycles. The Hall–Kier alpha value is -5.41. The number of anilines is 5. The van der Waals surface area contributed by atoms with E-state index in [1.165, 1.54) is 53.6 Å². The van der Waals surface area contributed by atoms with Crippen LogP contribution in [-0.4, -0.2) is 42.8 Å². The van der Waals surface area contributed by atoms with Gasteiger partial charge in [0.2, 0.25) is 5.95 Å². The van der Waals surface area contributed by atoms with Gasteiger partial charge in [-0.25, -0.2) is 18.6 Å². The molecule has 0 fully saturated rings. The van der Waals surface area contributed by atoms with Crippen molar-refractivity contribution in [3.63, 3.8) is 0 Å². The summed E-state index contributed by atoms with van der Waals surface area (Å²) in [6, 6.07) is 6.44. The molecule has 1 amide bonds. The number of carbonyl (C=O) groups excluding carboxylic acids is 2. The van der Waals surface area contributed by atoms with Crippen molar-refractivity contribution in [2.24, 2.45) is 7.05 Å². The lowest BCUT2D eigenvalue weighted by Crippen LogP contribution is -2.37. The number of pyridine rings is 1. The van der Waals surface area contributed by atoms with E-state index < -0.39 is 24.5 Å². The number of alkyl halides is 5. The number of nitrogens with one attached hydrogen (secondary N) is 2. The molecule has 3 aromatic heterocycles. The van der Waals surface area contributed by atoms with Crippen LogP contribution in [0.25, 0.3) is 11.1 Å². The molecule has 0 atom stereocenters. The molecule has 0 spiro atoms. The van der Waals surface area contributed by atoms with Gasteiger partial charge in [-0.3, -0.25) is 14.5 Å². The predicted octanol–water partition coefficient (Wildman–Crippen LogP) is 5.24. The number of benzene rings is 1. The van der Waals surface area contributed by atoms with Crippen molar-refractivity contribution < 1.29 is 36.4 Å². The number of amides is 1. The van der Waals surface area contributed by atoms with Gasteiger partial charge in [-0.1, -0.05) is 12.6 Å². The minimum Gasteiger partial charge on any atom is -0.339 e. The van der Waals surface area contributed by atoms with Gasteiger partial charge in [0.25, 0.3) is 12.3 Å². The zero-order chi connectivity index (χ0) is 29.7. The minimum absolute atomic E-state index is 0.0747. The molecule has 0 bridgehead atoms. The summed E-state index contributed by atoms with van der Waals surface area (Å²) in [6.45, 7) is 3.21. The second-order valence-electron chi connectivity index (χ2n) is 8.18. The Morgan fingerprint density at radius 3 is 2.54 bits per heavy atom. The number of hydrogen-bond donors (Lipinski definition) is 2. The fourth-order valence-corrected chi connectivity index (χ4v) is 3.38. The SMILES string of the molecule is C=CC(=O)N(OC(=O)C(F)(F)F)c1cccc(Nc2nc(Nc3cnn(C)c3)ncc2-c2cncc(C(F)F)c2)c1. The number of carbonyl (C=O) groups is 2. The Balaban J connectivity index is 1.73. The molecule has 16 heteroatoms. The molecule has 3 heterocycles. The van der Waals surface area contributed by atoms with Crippen LogP contribution in [0.15, 0.2) is 74.0 Å². The van der Waals surface area contributed by atoms with E-state index in [0.717, 1.165) is 6.20 Å². The van der Waals surface area contributed by atoms with Gasteiger partial charge in [0.15, 0.2) is 0 Å².